The number of hydrogen-bond acceptors (Lipinski definition) is 5. The van der Waals surface area contributed by atoms with E-state index < -0.39 is 0 Å². The highest BCUT2D eigenvalue weighted by molar-refractivity contribution is 5.84. The van der Waals surface area contributed by atoms with Crippen molar-refractivity contribution in [2.75, 3.05) is 6.61 Å². The summed E-state index contributed by atoms with van der Waals surface area (Å²) in [7, 11) is 0. The molecular weight excluding hydrogens is 338 g/mol. The van der Waals surface area contributed by atoms with Crippen LogP contribution in [0.3, 0.4) is 0 Å². The van der Waals surface area contributed by atoms with E-state index in [9.17, 15) is 0 Å². The van der Waals surface area contributed by atoms with Gasteiger partial charge in [0.15, 0.2) is 11.5 Å². The highest BCUT2D eigenvalue weighted by Gasteiger charge is 2.15. The van der Waals surface area contributed by atoms with Gasteiger partial charge in [0.05, 0.1) is 23.5 Å². The van der Waals surface area contributed by atoms with Gasteiger partial charge in [0.2, 0.25) is 0 Å². The topological polar surface area (TPSA) is 65.2 Å². The quantitative estimate of drug-likeness (QED) is 0.561. The number of aryl methyl sites for hydroxylation is 5. The Balaban J connectivity index is 1.45. The van der Waals surface area contributed by atoms with E-state index in [1.807, 2.05) is 24.6 Å². The molecule has 1 aromatic carbocycles. The fraction of sp³-hybridized carbons (Fsp3) is 0.333. The molecule has 27 heavy (non-hydrogen) atoms. The molecule has 0 bridgehead atoms. The number of ether oxygens (including phenoxy) is 1. The zero-order valence-corrected chi connectivity index (χ0v) is 15.6. The fourth-order valence-corrected chi connectivity index (χ4v) is 3.70. The van der Waals surface area contributed by atoms with Gasteiger partial charge < -0.3 is 4.74 Å². The van der Waals surface area contributed by atoms with Gasteiger partial charge in [0, 0.05) is 29.3 Å². The minimum absolute atomic E-state index is 0.755. The van der Waals surface area contributed by atoms with E-state index in [0.717, 1.165) is 72.1 Å². The Morgan fingerprint density at radius 2 is 1.96 bits per heavy atom. The summed E-state index contributed by atoms with van der Waals surface area (Å²) >= 11 is 0. The van der Waals surface area contributed by atoms with Crippen molar-refractivity contribution in [2.24, 2.45) is 0 Å². The third-order valence-electron chi connectivity index (χ3n) is 5.17. The second-order valence-electron chi connectivity index (χ2n) is 7.12. The highest BCUT2D eigenvalue weighted by atomic mass is 16.5. The first-order chi connectivity index (χ1) is 13.2. The average Bonchev–Trinajstić information content (AvgIpc) is 3.15. The minimum atomic E-state index is 0.755. The van der Waals surface area contributed by atoms with Crippen molar-refractivity contribution in [3.8, 4) is 5.75 Å². The second-order valence-corrected chi connectivity index (χ2v) is 7.12. The Hall–Kier alpha value is -3.02. The van der Waals surface area contributed by atoms with Gasteiger partial charge in [0.1, 0.15) is 5.75 Å². The molecule has 0 aliphatic carbocycles. The maximum Gasteiger partial charge on any atom is 0.177 e. The molecule has 0 atom stereocenters. The van der Waals surface area contributed by atoms with E-state index in [4.69, 9.17) is 9.72 Å². The van der Waals surface area contributed by atoms with Crippen LogP contribution in [-0.2, 0) is 19.3 Å². The molecular formula is C21H21N5O. The summed E-state index contributed by atoms with van der Waals surface area (Å²) in [4.78, 5) is 14.0. The van der Waals surface area contributed by atoms with Crippen LogP contribution in [0.1, 0.15) is 34.9 Å². The summed E-state index contributed by atoms with van der Waals surface area (Å²) in [6.07, 6.45) is 5.48. The minimum Gasteiger partial charge on any atom is -0.493 e. The first-order valence-electron chi connectivity index (χ1n) is 9.41. The van der Waals surface area contributed by atoms with E-state index in [2.05, 4.69) is 39.3 Å². The largest absolute Gasteiger partial charge is 0.493 e. The van der Waals surface area contributed by atoms with Gasteiger partial charge in [-0.3, -0.25) is 9.97 Å². The normalized spacial score (nSPS) is 13.7. The molecule has 0 spiro atoms. The first-order valence-corrected chi connectivity index (χ1v) is 9.41. The molecule has 6 nitrogen and oxygen atoms in total. The van der Waals surface area contributed by atoms with Gasteiger partial charge in [-0.1, -0.05) is 6.07 Å². The zero-order chi connectivity index (χ0) is 18.4. The van der Waals surface area contributed by atoms with Crippen molar-refractivity contribution in [3.05, 3.63) is 58.9 Å². The second kappa shape index (κ2) is 6.30. The molecule has 0 unspecified atom stereocenters. The first kappa shape index (κ1) is 16.2. The molecule has 0 amide bonds. The molecule has 0 saturated heterocycles. The van der Waals surface area contributed by atoms with Gasteiger partial charge in [-0.2, -0.15) is 5.10 Å². The molecule has 5 rings (SSSR count). The Morgan fingerprint density at radius 3 is 2.85 bits per heavy atom. The van der Waals surface area contributed by atoms with Crippen molar-refractivity contribution in [2.45, 2.75) is 39.5 Å². The molecule has 1 aliphatic rings. The van der Waals surface area contributed by atoms with Crippen molar-refractivity contribution < 1.29 is 4.74 Å². The van der Waals surface area contributed by atoms with Crippen LogP contribution in [-0.4, -0.2) is 31.2 Å². The van der Waals surface area contributed by atoms with Crippen molar-refractivity contribution in [3.63, 3.8) is 0 Å². The Labute approximate surface area is 157 Å². The monoisotopic (exact) mass is 359 g/mol. The molecule has 0 N–H and O–H groups in total. The fourth-order valence-electron chi connectivity index (χ4n) is 3.70. The van der Waals surface area contributed by atoms with E-state index in [1.54, 1.807) is 0 Å². The van der Waals surface area contributed by atoms with Gasteiger partial charge >= 0.3 is 0 Å². The number of aromatic nitrogens is 5. The maximum absolute atomic E-state index is 5.79. The lowest BCUT2D eigenvalue weighted by Crippen LogP contribution is -2.09. The van der Waals surface area contributed by atoms with E-state index in [1.165, 1.54) is 10.9 Å². The molecule has 3 aromatic heterocycles. The van der Waals surface area contributed by atoms with Crippen molar-refractivity contribution in [1.82, 2.24) is 24.6 Å². The number of hydrogen-bond donors (Lipinski definition) is 0. The third-order valence-corrected chi connectivity index (χ3v) is 5.17. The van der Waals surface area contributed by atoms with E-state index in [0.29, 0.717) is 0 Å². The van der Waals surface area contributed by atoms with Crippen molar-refractivity contribution >= 4 is 16.6 Å². The van der Waals surface area contributed by atoms with Crippen LogP contribution >= 0.6 is 0 Å². The lowest BCUT2D eigenvalue weighted by Gasteiger charge is -2.18. The number of nitrogens with zero attached hydrogens (tertiary/aromatic N) is 5. The van der Waals surface area contributed by atoms with Gasteiger partial charge in [-0.15, -0.1) is 0 Å². The van der Waals surface area contributed by atoms with Crippen LogP contribution in [0.4, 0.5) is 0 Å². The van der Waals surface area contributed by atoms with Crippen LogP contribution in [0.5, 0.6) is 5.75 Å². The molecule has 1 aliphatic heterocycles. The summed E-state index contributed by atoms with van der Waals surface area (Å²) in [6.45, 7) is 4.75. The van der Waals surface area contributed by atoms with Crippen molar-refractivity contribution in [1.29, 1.82) is 0 Å². The van der Waals surface area contributed by atoms with Gasteiger partial charge in [-0.25, -0.2) is 9.50 Å². The predicted molar refractivity (Wildman–Crippen MR) is 103 cm³/mol. The number of rotatable bonds is 3. The molecule has 0 saturated carbocycles. The number of fused-ring (bicyclic) bond motifs is 4. The van der Waals surface area contributed by atoms with E-state index in [-0.39, 0.29) is 0 Å². The SMILES string of the molecule is Cc1ncc(C)n2nc(CCc3ccc4ccc5c(c4n3)CCCO5)nc12. The standard InChI is InChI=1S/C21H21N5O/c1-13-12-22-14(2)21-24-19(25-26(13)21)10-8-16-7-5-15-6-9-18-17(20(15)23-16)4-3-11-27-18/h5-7,9,12H,3-4,8,10-11H2,1-2H3. The Kier molecular flexibility index (Phi) is 3.77. The van der Waals surface area contributed by atoms with E-state index >= 15 is 0 Å². The zero-order valence-electron chi connectivity index (χ0n) is 15.6. The smallest absolute Gasteiger partial charge is 0.177 e. The Bertz CT molecular complexity index is 1130. The lowest BCUT2D eigenvalue weighted by atomic mass is 10.0. The van der Waals surface area contributed by atoms with Crippen LogP contribution in [0.15, 0.2) is 30.5 Å². The number of pyridine rings is 1. The molecule has 6 heteroatoms. The van der Waals surface area contributed by atoms with Crippen LogP contribution in [0.2, 0.25) is 0 Å². The average molecular weight is 359 g/mol. The maximum atomic E-state index is 5.79. The predicted octanol–water partition coefficient (Wildman–Crippen LogP) is 3.40. The summed E-state index contributed by atoms with van der Waals surface area (Å²) < 4.78 is 7.66. The van der Waals surface area contributed by atoms with Gasteiger partial charge in [-0.05, 0) is 51.3 Å². The summed E-state index contributed by atoms with van der Waals surface area (Å²) in [5, 5.41) is 5.81. The molecule has 136 valence electrons. The molecule has 4 aromatic rings. The molecule has 0 radical (unpaired) electrons. The van der Waals surface area contributed by atoms with Crippen LogP contribution in [0.25, 0.3) is 16.6 Å². The Morgan fingerprint density at radius 1 is 1.07 bits per heavy atom. The van der Waals surface area contributed by atoms with Crippen LogP contribution in [0, 0.1) is 13.8 Å². The summed E-state index contributed by atoms with van der Waals surface area (Å²) in [6, 6.07) is 8.42. The highest BCUT2D eigenvalue weighted by Crippen LogP contribution is 2.31. The van der Waals surface area contributed by atoms with Gasteiger partial charge in [0.25, 0.3) is 0 Å². The summed E-state index contributed by atoms with van der Waals surface area (Å²) in [5.41, 5.74) is 6.10. The molecule has 0 fully saturated rings. The molecule has 4 heterocycles. The summed E-state index contributed by atoms with van der Waals surface area (Å²) in [5.74, 6) is 1.81. The lowest BCUT2D eigenvalue weighted by molar-refractivity contribution is 0.289. The third kappa shape index (κ3) is 2.81. The number of benzene rings is 1. The van der Waals surface area contributed by atoms with Crippen LogP contribution < -0.4 is 4.74 Å².